The lowest BCUT2D eigenvalue weighted by atomic mass is 9.97. The zero-order valence-corrected chi connectivity index (χ0v) is 20.5. The largest absolute Gasteiger partial charge is 0.481 e. The van der Waals surface area contributed by atoms with E-state index in [9.17, 15) is 9.59 Å². The van der Waals surface area contributed by atoms with E-state index in [-0.39, 0.29) is 12.4 Å². The summed E-state index contributed by atoms with van der Waals surface area (Å²) in [6.45, 7) is 4.58. The van der Waals surface area contributed by atoms with Crippen LogP contribution in [-0.2, 0) is 14.3 Å². The molecular weight excluding hydrogens is 388 g/mol. The van der Waals surface area contributed by atoms with Crippen molar-refractivity contribution < 1.29 is 19.4 Å². The summed E-state index contributed by atoms with van der Waals surface area (Å²) in [4.78, 5) is 22.9. The fraction of sp³-hybridized carbons (Fsp3) is 0.852. The van der Waals surface area contributed by atoms with Crippen LogP contribution >= 0.6 is 0 Å². The standard InChI is InChI=1S/C27H50O4/c1-3-5-6-7-8-9-10-11-12-13-14-15-16-17-18-19-20-21-22-25(24-26(28)29)27(30)31-23-4-2/h10-11,25H,3-9,12-24H2,1-2H3,(H,28,29)/b11-10+. The van der Waals surface area contributed by atoms with Crippen LogP contribution in [0.25, 0.3) is 0 Å². The van der Waals surface area contributed by atoms with E-state index in [1.807, 2.05) is 6.92 Å². The van der Waals surface area contributed by atoms with Gasteiger partial charge in [-0.1, -0.05) is 103 Å². The molecule has 0 radical (unpaired) electrons. The second-order valence-corrected chi connectivity index (χ2v) is 8.90. The fourth-order valence-electron chi connectivity index (χ4n) is 3.83. The quantitative estimate of drug-likeness (QED) is 0.0991. The maximum atomic E-state index is 12.0. The van der Waals surface area contributed by atoms with Crippen molar-refractivity contribution >= 4 is 11.9 Å². The van der Waals surface area contributed by atoms with Crippen LogP contribution in [0, 0.1) is 5.92 Å². The fourth-order valence-corrected chi connectivity index (χ4v) is 3.83. The smallest absolute Gasteiger partial charge is 0.309 e. The summed E-state index contributed by atoms with van der Waals surface area (Å²) in [7, 11) is 0. The predicted molar refractivity (Wildman–Crippen MR) is 130 cm³/mol. The van der Waals surface area contributed by atoms with E-state index in [0.29, 0.717) is 13.0 Å². The van der Waals surface area contributed by atoms with Crippen molar-refractivity contribution in [3.8, 4) is 0 Å². The van der Waals surface area contributed by atoms with Gasteiger partial charge in [-0.25, -0.2) is 0 Å². The van der Waals surface area contributed by atoms with Crippen molar-refractivity contribution in [2.24, 2.45) is 5.92 Å². The molecule has 0 rings (SSSR count). The van der Waals surface area contributed by atoms with Gasteiger partial charge >= 0.3 is 11.9 Å². The number of allylic oxidation sites excluding steroid dienone is 2. The highest BCUT2D eigenvalue weighted by atomic mass is 16.5. The number of hydrogen-bond donors (Lipinski definition) is 1. The normalized spacial score (nSPS) is 12.3. The lowest BCUT2D eigenvalue weighted by Gasteiger charge is -2.13. The Morgan fingerprint density at radius 2 is 1.19 bits per heavy atom. The molecule has 0 aromatic carbocycles. The maximum Gasteiger partial charge on any atom is 0.309 e. The van der Waals surface area contributed by atoms with Gasteiger partial charge in [0.2, 0.25) is 0 Å². The molecule has 0 heterocycles. The Kier molecular flexibility index (Phi) is 22.4. The highest BCUT2D eigenvalue weighted by molar-refractivity contribution is 5.79. The molecule has 0 bridgehead atoms. The van der Waals surface area contributed by atoms with Crippen molar-refractivity contribution in [2.75, 3.05) is 6.61 Å². The van der Waals surface area contributed by atoms with E-state index in [1.54, 1.807) is 0 Å². The molecule has 0 aliphatic rings. The summed E-state index contributed by atoms with van der Waals surface area (Å²) < 4.78 is 5.14. The van der Waals surface area contributed by atoms with Gasteiger partial charge in [0.15, 0.2) is 0 Å². The summed E-state index contributed by atoms with van der Waals surface area (Å²) in [5, 5.41) is 9.00. The average molecular weight is 439 g/mol. The number of aliphatic carboxylic acids is 1. The Labute approximate surface area is 192 Å². The van der Waals surface area contributed by atoms with Gasteiger partial charge in [0.25, 0.3) is 0 Å². The number of unbranched alkanes of at least 4 members (excludes halogenated alkanes) is 14. The van der Waals surface area contributed by atoms with Crippen LogP contribution < -0.4 is 0 Å². The molecule has 1 atom stereocenters. The average Bonchev–Trinajstić information content (AvgIpc) is 2.75. The lowest BCUT2D eigenvalue weighted by Crippen LogP contribution is -2.21. The van der Waals surface area contributed by atoms with Crippen molar-refractivity contribution in [3.05, 3.63) is 12.2 Å². The van der Waals surface area contributed by atoms with Gasteiger partial charge in [0.1, 0.15) is 0 Å². The Hall–Kier alpha value is -1.32. The zero-order valence-electron chi connectivity index (χ0n) is 20.5. The minimum atomic E-state index is -0.920. The third kappa shape index (κ3) is 21.7. The molecule has 4 nitrogen and oxygen atoms in total. The molecular formula is C27H50O4. The number of carbonyl (C=O) groups excluding carboxylic acids is 1. The summed E-state index contributed by atoms with van der Waals surface area (Å²) in [6.07, 6.45) is 26.3. The molecule has 0 amide bonds. The number of carboxylic acid groups (broad SMARTS) is 1. The lowest BCUT2D eigenvalue weighted by molar-refractivity contribution is -0.153. The van der Waals surface area contributed by atoms with Crippen LogP contribution in [-0.4, -0.2) is 23.7 Å². The molecule has 1 unspecified atom stereocenters. The molecule has 0 spiro atoms. The van der Waals surface area contributed by atoms with Gasteiger partial charge in [-0.05, 0) is 38.5 Å². The molecule has 1 N–H and O–H groups in total. The van der Waals surface area contributed by atoms with Gasteiger partial charge in [-0.3, -0.25) is 9.59 Å². The summed E-state index contributed by atoms with van der Waals surface area (Å²) in [5.74, 6) is -1.75. The summed E-state index contributed by atoms with van der Waals surface area (Å²) in [6, 6.07) is 0. The molecule has 0 saturated carbocycles. The van der Waals surface area contributed by atoms with E-state index in [2.05, 4.69) is 19.1 Å². The minimum absolute atomic E-state index is 0.114. The number of carboxylic acids is 1. The van der Waals surface area contributed by atoms with Crippen molar-refractivity contribution in [1.82, 2.24) is 0 Å². The van der Waals surface area contributed by atoms with Crippen molar-refractivity contribution in [1.29, 1.82) is 0 Å². The predicted octanol–water partition coefficient (Wildman–Crippen LogP) is 8.24. The maximum absolute atomic E-state index is 12.0. The number of carbonyl (C=O) groups is 2. The highest BCUT2D eigenvalue weighted by Gasteiger charge is 2.22. The Morgan fingerprint density at radius 1 is 0.710 bits per heavy atom. The Bertz CT molecular complexity index is 445. The first kappa shape index (κ1) is 29.7. The number of esters is 1. The molecule has 0 saturated heterocycles. The number of rotatable bonds is 23. The molecule has 0 aromatic heterocycles. The van der Waals surface area contributed by atoms with Crippen molar-refractivity contribution in [2.45, 2.75) is 136 Å². The molecule has 0 aliphatic heterocycles. The van der Waals surface area contributed by atoms with Crippen LogP contribution in [0.1, 0.15) is 136 Å². The van der Waals surface area contributed by atoms with E-state index in [1.165, 1.54) is 89.9 Å². The second kappa shape index (κ2) is 23.3. The Morgan fingerprint density at radius 3 is 1.68 bits per heavy atom. The first-order valence-corrected chi connectivity index (χ1v) is 13.1. The molecule has 0 aliphatic carbocycles. The topological polar surface area (TPSA) is 63.6 Å². The van der Waals surface area contributed by atoms with Crippen LogP contribution in [0.2, 0.25) is 0 Å². The molecule has 182 valence electrons. The highest BCUT2D eigenvalue weighted by Crippen LogP contribution is 2.18. The third-order valence-corrected chi connectivity index (χ3v) is 5.77. The second-order valence-electron chi connectivity index (χ2n) is 8.90. The zero-order chi connectivity index (χ0) is 23.0. The van der Waals surface area contributed by atoms with E-state index in [4.69, 9.17) is 9.84 Å². The summed E-state index contributed by atoms with van der Waals surface area (Å²) >= 11 is 0. The number of hydrogen-bond acceptors (Lipinski definition) is 3. The van der Waals surface area contributed by atoms with E-state index < -0.39 is 11.9 Å². The molecule has 0 fully saturated rings. The van der Waals surface area contributed by atoms with Crippen LogP contribution in [0.4, 0.5) is 0 Å². The first-order valence-electron chi connectivity index (χ1n) is 13.1. The van der Waals surface area contributed by atoms with E-state index in [0.717, 1.165) is 19.3 Å². The molecule has 4 heteroatoms. The third-order valence-electron chi connectivity index (χ3n) is 5.77. The van der Waals surface area contributed by atoms with Gasteiger partial charge in [0, 0.05) is 0 Å². The summed E-state index contributed by atoms with van der Waals surface area (Å²) in [5.41, 5.74) is 0. The van der Waals surface area contributed by atoms with Crippen molar-refractivity contribution in [3.63, 3.8) is 0 Å². The Balaban J connectivity index is 3.49. The van der Waals surface area contributed by atoms with E-state index >= 15 is 0 Å². The van der Waals surface area contributed by atoms with Gasteiger partial charge in [-0.2, -0.15) is 0 Å². The SMILES string of the molecule is CCCCCCC/C=C/CCCCCCCCCCCC(CC(=O)O)C(=O)OCCC. The van der Waals surface area contributed by atoms with Gasteiger partial charge in [-0.15, -0.1) is 0 Å². The first-order chi connectivity index (χ1) is 15.1. The van der Waals surface area contributed by atoms with Crippen LogP contribution in [0.15, 0.2) is 12.2 Å². The van der Waals surface area contributed by atoms with Gasteiger partial charge in [0.05, 0.1) is 18.9 Å². The van der Waals surface area contributed by atoms with Gasteiger partial charge < -0.3 is 9.84 Å². The minimum Gasteiger partial charge on any atom is -0.481 e. The van der Waals surface area contributed by atoms with Crippen LogP contribution in [0.3, 0.4) is 0 Å². The molecule has 0 aromatic rings. The molecule has 31 heavy (non-hydrogen) atoms. The number of ether oxygens (including phenoxy) is 1. The van der Waals surface area contributed by atoms with Crippen LogP contribution in [0.5, 0.6) is 0 Å². The monoisotopic (exact) mass is 438 g/mol.